The molecular formula is C12H16N4O. The smallest absolute Gasteiger partial charge is 0.251 e. The van der Waals surface area contributed by atoms with Gasteiger partial charge in [0, 0.05) is 30.8 Å². The third kappa shape index (κ3) is 2.43. The molecule has 2 rings (SSSR count). The average Bonchev–Trinajstić information content (AvgIpc) is 2.74. The molecule has 1 N–H and O–H groups in total. The molecule has 0 aliphatic carbocycles. The maximum Gasteiger partial charge on any atom is 0.251 e. The highest BCUT2D eigenvalue weighted by Crippen LogP contribution is 2.18. The lowest BCUT2D eigenvalue weighted by atomic mass is 10.1. The summed E-state index contributed by atoms with van der Waals surface area (Å²) in [6.45, 7) is 4.12. The van der Waals surface area contributed by atoms with Crippen molar-refractivity contribution in [3.8, 4) is 11.3 Å². The topological polar surface area (TPSA) is 63.6 Å². The summed E-state index contributed by atoms with van der Waals surface area (Å²) in [5, 5.41) is 4.08. The number of aryl methyl sites for hydroxylation is 1. The highest BCUT2D eigenvalue weighted by molar-refractivity contribution is 5.56. The van der Waals surface area contributed by atoms with Gasteiger partial charge in [-0.2, -0.15) is 5.10 Å². The molecule has 1 atom stereocenters. The first-order valence-corrected chi connectivity index (χ1v) is 5.70. The van der Waals surface area contributed by atoms with E-state index in [2.05, 4.69) is 22.0 Å². The molecule has 0 radical (unpaired) electrons. The van der Waals surface area contributed by atoms with Crippen LogP contribution in [-0.4, -0.2) is 19.7 Å². The number of nitrogens with zero attached hydrogens (tertiary/aromatic N) is 3. The summed E-state index contributed by atoms with van der Waals surface area (Å²) in [6, 6.07) is 1.50. The molecule has 5 heteroatoms. The van der Waals surface area contributed by atoms with E-state index in [9.17, 15) is 4.79 Å². The lowest BCUT2D eigenvalue weighted by Gasteiger charge is -2.08. The minimum Gasteiger partial charge on any atom is -0.310 e. The molecule has 0 spiro atoms. The summed E-state index contributed by atoms with van der Waals surface area (Å²) in [5.74, 6) is 0.984. The molecule has 0 bridgehead atoms. The number of aromatic nitrogens is 4. The van der Waals surface area contributed by atoms with Crippen LogP contribution < -0.4 is 5.56 Å². The quantitative estimate of drug-likeness (QED) is 0.875. The van der Waals surface area contributed by atoms with Gasteiger partial charge in [0.25, 0.3) is 5.56 Å². The normalized spacial score (nSPS) is 12.6. The third-order valence-corrected chi connectivity index (χ3v) is 2.84. The van der Waals surface area contributed by atoms with E-state index in [-0.39, 0.29) is 11.5 Å². The van der Waals surface area contributed by atoms with Crippen molar-refractivity contribution in [3.63, 3.8) is 0 Å². The Kier molecular flexibility index (Phi) is 3.08. The van der Waals surface area contributed by atoms with Crippen LogP contribution in [0.2, 0.25) is 0 Å². The summed E-state index contributed by atoms with van der Waals surface area (Å²) in [5.41, 5.74) is 1.43. The Morgan fingerprint density at radius 3 is 2.88 bits per heavy atom. The van der Waals surface area contributed by atoms with E-state index in [1.165, 1.54) is 6.07 Å². The van der Waals surface area contributed by atoms with Crippen LogP contribution in [0.15, 0.2) is 23.3 Å². The molecular weight excluding hydrogens is 216 g/mol. The van der Waals surface area contributed by atoms with Gasteiger partial charge >= 0.3 is 0 Å². The van der Waals surface area contributed by atoms with E-state index >= 15 is 0 Å². The van der Waals surface area contributed by atoms with Gasteiger partial charge in [-0.15, -0.1) is 0 Å². The van der Waals surface area contributed by atoms with Crippen molar-refractivity contribution >= 4 is 0 Å². The zero-order chi connectivity index (χ0) is 12.4. The lowest BCUT2D eigenvalue weighted by molar-refractivity contribution is 0.675. The zero-order valence-electron chi connectivity index (χ0n) is 10.3. The standard InChI is InChI=1S/C12H16N4O/c1-4-8(2)12-14-10(5-11(17)15-12)9-6-13-16(3)7-9/h5-8H,4H2,1-3H3,(H,14,15,17). The van der Waals surface area contributed by atoms with E-state index in [0.29, 0.717) is 5.69 Å². The number of nitrogens with one attached hydrogen (secondary N) is 1. The van der Waals surface area contributed by atoms with Gasteiger partial charge in [-0.05, 0) is 6.42 Å². The van der Waals surface area contributed by atoms with Gasteiger partial charge in [-0.3, -0.25) is 9.48 Å². The lowest BCUT2D eigenvalue weighted by Crippen LogP contribution is -2.12. The summed E-state index contributed by atoms with van der Waals surface area (Å²) in [7, 11) is 1.84. The van der Waals surface area contributed by atoms with E-state index in [1.807, 2.05) is 20.2 Å². The average molecular weight is 232 g/mol. The third-order valence-electron chi connectivity index (χ3n) is 2.84. The van der Waals surface area contributed by atoms with Gasteiger partial charge in [0.15, 0.2) is 0 Å². The first-order chi connectivity index (χ1) is 8.10. The Morgan fingerprint density at radius 2 is 2.29 bits per heavy atom. The van der Waals surface area contributed by atoms with Crippen molar-refractivity contribution < 1.29 is 0 Å². The van der Waals surface area contributed by atoms with Crippen LogP contribution >= 0.6 is 0 Å². The molecule has 2 aromatic rings. The molecule has 1 unspecified atom stereocenters. The fourth-order valence-electron chi connectivity index (χ4n) is 1.60. The molecule has 2 heterocycles. The molecule has 0 saturated heterocycles. The van der Waals surface area contributed by atoms with E-state index in [1.54, 1.807) is 10.9 Å². The van der Waals surface area contributed by atoms with Gasteiger partial charge in [-0.25, -0.2) is 4.98 Å². The van der Waals surface area contributed by atoms with E-state index in [4.69, 9.17) is 0 Å². The molecule has 0 aliphatic rings. The highest BCUT2D eigenvalue weighted by Gasteiger charge is 2.09. The fourth-order valence-corrected chi connectivity index (χ4v) is 1.60. The van der Waals surface area contributed by atoms with Crippen molar-refractivity contribution in [3.05, 3.63) is 34.6 Å². The second-order valence-corrected chi connectivity index (χ2v) is 4.23. The van der Waals surface area contributed by atoms with Crippen LogP contribution in [-0.2, 0) is 7.05 Å². The molecule has 90 valence electrons. The van der Waals surface area contributed by atoms with Crippen molar-refractivity contribution in [2.45, 2.75) is 26.2 Å². The maximum absolute atomic E-state index is 11.6. The van der Waals surface area contributed by atoms with Gasteiger partial charge in [0.05, 0.1) is 11.9 Å². The Hall–Kier alpha value is -1.91. The monoisotopic (exact) mass is 232 g/mol. The number of rotatable bonds is 3. The predicted molar refractivity (Wildman–Crippen MR) is 65.8 cm³/mol. The maximum atomic E-state index is 11.6. The van der Waals surface area contributed by atoms with Gasteiger partial charge < -0.3 is 4.98 Å². The molecule has 2 aromatic heterocycles. The van der Waals surface area contributed by atoms with Gasteiger partial charge in [-0.1, -0.05) is 13.8 Å². The predicted octanol–water partition coefficient (Wildman–Crippen LogP) is 1.68. The van der Waals surface area contributed by atoms with Crippen molar-refractivity contribution in [2.75, 3.05) is 0 Å². The number of hydrogen-bond donors (Lipinski definition) is 1. The largest absolute Gasteiger partial charge is 0.310 e. The fraction of sp³-hybridized carbons (Fsp3) is 0.417. The van der Waals surface area contributed by atoms with E-state index < -0.39 is 0 Å². The Labute approximate surface area is 99.5 Å². The van der Waals surface area contributed by atoms with Gasteiger partial charge in [0.1, 0.15) is 5.82 Å². The van der Waals surface area contributed by atoms with Crippen LogP contribution in [0.3, 0.4) is 0 Å². The number of hydrogen-bond acceptors (Lipinski definition) is 3. The molecule has 5 nitrogen and oxygen atoms in total. The number of aromatic amines is 1. The highest BCUT2D eigenvalue weighted by atomic mass is 16.1. The minimum atomic E-state index is -0.117. The Bertz CT molecular complexity index is 570. The van der Waals surface area contributed by atoms with Gasteiger partial charge in [0.2, 0.25) is 0 Å². The molecule has 0 fully saturated rings. The summed E-state index contributed by atoms with van der Waals surface area (Å²) < 4.78 is 1.70. The van der Waals surface area contributed by atoms with Crippen LogP contribution in [0.4, 0.5) is 0 Å². The first kappa shape index (κ1) is 11.6. The minimum absolute atomic E-state index is 0.117. The number of H-pyrrole nitrogens is 1. The van der Waals surface area contributed by atoms with Crippen molar-refractivity contribution in [1.29, 1.82) is 0 Å². The summed E-state index contributed by atoms with van der Waals surface area (Å²) in [6.07, 6.45) is 4.50. The molecule has 0 aliphatic heterocycles. The van der Waals surface area contributed by atoms with E-state index in [0.717, 1.165) is 17.8 Å². The van der Waals surface area contributed by atoms with Crippen molar-refractivity contribution in [1.82, 2.24) is 19.7 Å². The Balaban J connectivity index is 2.48. The molecule has 0 amide bonds. The van der Waals surface area contributed by atoms with Crippen LogP contribution in [0.25, 0.3) is 11.3 Å². The van der Waals surface area contributed by atoms with Crippen LogP contribution in [0, 0.1) is 0 Å². The first-order valence-electron chi connectivity index (χ1n) is 5.70. The molecule has 0 saturated carbocycles. The van der Waals surface area contributed by atoms with Crippen LogP contribution in [0.5, 0.6) is 0 Å². The molecule has 0 aromatic carbocycles. The second kappa shape index (κ2) is 4.53. The van der Waals surface area contributed by atoms with Crippen molar-refractivity contribution in [2.24, 2.45) is 7.05 Å². The molecule has 17 heavy (non-hydrogen) atoms. The summed E-state index contributed by atoms with van der Waals surface area (Å²) in [4.78, 5) is 18.8. The summed E-state index contributed by atoms with van der Waals surface area (Å²) >= 11 is 0. The van der Waals surface area contributed by atoms with Crippen LogP contribution in [0.1, 0.15) is 32.0 Å². The second-order valence-electron chi connectivity index (χ2n) is 4.23. The zero-order valence-corrected chi connectivity index (χ0v) is 10.3. The Morgan fingerprint density at radius 1 is 1.53 bits per heavy atom. The SMILES string of the molecule is CCC(C)c1nc(-c2cnn(C)c2)cc(=O)[nH]1.